The molecule has 0 fully saturated rings. The lowest BCUT2D eigenvalue weighted by Crippen LogP contribution is -2.27. The second-order valence-electron chi connectivity index (χ2n) is 6.14. The Morgan fingerprint density at radius 3 is 2.79 bits per heavy atom. The molecule has 28 heavy (non-hydrogen) atoms. The zero-order chi connectivity index (χ0) is 18.7. The van der Waals surface area contributed by atoms with Crippen molar-refractivity contribution in [3.8, 4) is 5.75 Å². The summed E-state index contributed by atoms with van der Waals surface area (Å²) in [6.07, 6.45) is 2.50. The second-order valence-corrected chi connectivity index (χ2v) is 6.14. The molecule has 0 aliphatic carbocycles. The van der Waals surface area contributed by atoms with Gasteiger partial charge in [0.15, 0.2) is 5.75 Å². The standard InChI is InChI=1S/C18H20N4O4.2ClH/c1-3-26-17-5-4-12(9-16(17)22(24)25)18(23)20-14-8-13-11-21(2)7-6-15(13)19-10-14;;/h4-5,8-10H,3,6-7,11H2,1-2H3,(H,20,23);2*1H. The van der Waals surface area contributed by atoms with E-state index in [4.69, 9.17) is 4.74 Å². The van der Waals surface area contributed by atoms with Gasteiger partial charge in [-0.25, -0.2) is 0 Å². The number of carbonyl (C=O) groups is 1. The summed E-state index contributed by atoms with van der Waals surface area (Å²) in [5, 5.41) is 14.0. The highest BCUT2D eigenvalue weighted by atomic mass is 35.5. The Hall–Kier alpha value is -2.42. The molecule has 1 aliphatic rings. The van der Waals surface area contributed by atoms with Crippen LogP contribution in [0.25, 0.3) is 0 Å². The summed E-state index contributed by atoms with van der Waals surface area (Å²) in [7, 11) is 2.03. The van der Waals surface area contributed by atoms with Crippen molar-refractivity contribution in [3.63, 3.8) is 0 Å². The quantitative estimate of drug-likeness (QED) is 0.578. The maximum atomic E-state index is 12.5. The highest BCUT2D eigenvalue weighted by Gasteiger charge is 2.20. The largest absolute Gasteiger partial charge is 0.487 e. The van der Waals surface area contributed by atoms with Crippen LogP contribution >= 0.6 is 24.8 Å². The lowest BCUT2D eigenvalue weighted by atomic mass is 10.1. The van der Waals surface area contributed by atoms with E-state index in [0.29, 0.717) is 12.3 Å². The van der Waals surface area contributed by atoms with Crippen molar-refractivity contribution in [2.24, 2.45) is 0 Å². The minimum Gasteiger partial charge on any atom is -0.487 e. The van der Waals surface area contributed by atoms with Gasteiger partial charge in [-0.05, 0) is 37.7 Å². The van der Waals surface area contributed by atoms with Gasteiger partial charge < -0.3 is 15.0 Å². The van der Waals surface area contributed by atoms with Gasteiger partial charge in [0.2, 0.25) is 0 Å². The number of nitrogens with one attached hydrogen (secondary N) is 1. The summed E-state index contributed by atoms with van der Waals surface area (Å²) >= 11 is 0. The van der Waals surface area contributed by atoms with Crippen molar-refractivity contribution < 1.29 is 14.5 Å². The van der Waals surface area contributed by atoms with Gasteiger partial charge in [-0.3, -0.25) is 19.9 Å². The molecular formula is C18H22Cl2N4O4. The van der Waals surface area contributed by atoms with Crippen LogP contribution in [0.2, 0.25) is 0 Å². The number of anilines is 1. The number of carbonyl (C=O) groups excluding carboxylic acids is 1. The number of hydrogen-bond donors (Lipinski definition) is 1. The third kappa shape index (κ3) is 5.31. The number of pyridine rings is 1. The summed E-state index contributed by atoms with van der Waals surface area (Å²) < 4.78 is 5.24. The average molecular weight is 429 g/mol. The molecule has 0 spiro atoms. The normalized spacial score (nSPS) is 12.8. The molecule has 0 saturated carbocycles. The first-order valence-electron chi connectivity index (χ1n) is 8.37. The topological polar surface area (TPSA) is 97.6 Å². The molecule has 8 nitrogen and oxygen atoms in total. The van der Waals surface area contributed by atoms with E-state index >= 15 is 0 Å². The third-order valence-electron chi connectivity index (χ3n) is 4.21. The molecular weight excluding hydrogens is 407 g/mol. The number of ether oxygens (including phenoxy) is 1. The number of fused-ring (bicyclic) bond motifs is 1. The Bertz CT molecular complexity index is 863. The minimum atomic E-state index is -0.557. The number of halogens is 2. The van der Waals surface area contributed by atoms with Crippen LogP contribution in [0.4, 0.5) is 11.4 Å². The number of nitro benzene ring substituents is 1. The van der Waals surface area contributed by atoms with Crippen LogP contribution in [-0.4, -0.2) is 40.9 Å². The first kappa shape index (κ1) is 23.6. The average Bonchev–Trinajstić information content (AvgIpc) is 2.61. The molecule has 1 N–H and O–H groups in total. The number of benzene rings is 1. The zero-order valence-electron chi connectivity index (χ0n) is 15.5. The minimum absolute atomic E-state index is 0. The maximum Gasteiger partial charge on any atom is 0.311 e. The number of nitro groups is 1. The third-order valence-corrected chi connectivity index (χ3v) is 4.21. The first-order valence-corrected chi connectivity index (χ1v) is 8.37. The summed E-state index contributed by atoms with van der Waals surface area (Å²) in [6, 6.07) is 6.07. The number of nitrogens with zero attached hydrogens (tertiary/aromatic N) is 3. The molecule has 10 heteroatoms. The van der Waals surface area contributed by atoms with Crippen molar-refractivity contribution >= 4 is 42.1 Å². The Labute approximate surface area is 175 Å². The van der Waals surface area contributed by atoms with Gasteiger partial charge in [-0.1, -0.05) is 0 Å². The summed E-state index contributed by atoms with van der Waals surface area (Å²) in [4.78, 5) is 29.7. The van der Waals surface area contributed by atoms with Crippen LogP contribution in [0.5, 0.6) is 5.75 Å². The van der Waals surface area contributed by atoms with Crippen molar-refractivity contribution in [1.29, 1.82) is 0 Å². The molecule has 0 atom stereocenters. The monoisotopic (exact) mass is 428 g/mol. The van der Waals surface area contributed by atoms with Crippen LogP contribution in [0, 0.1) is 10.1 Å². The molecule has 1 aliphatic heterocycles. The van der Waals surface area contributed by atoms with Crippen LogP contribution in [-0.2, 0) is 13.0 Å². The Balaban J connectivity index is 0.00000196. The Kier molecular flexibility index (Phi) is 8.62. The van der Waals surface area contributed by atoms with Gasteiger partial charge in [0.25, 0.3) is 5.91 Å². The molecule has 0 radical (unpaired) electrons. The van der Waals surface area contributed by atoms with Gasteiger partial charge >= 0.3 is 5.69 Å². The zero-order valence-corrected chi connectivity index (χ0v) is 17.1. The predicted molar refractivity (Wildman–Crippen MR) is 111 cm³/mol. The lowest BCUT2D eigenvalue weighted by molar-refractivity contribution is -0.385. The molecule has 1 aromatic carbocycles. The highest BCUT2D eigenvalue weighted by Crippen LogP contribution is 2.28. The second kappa shape index (κ2) is 10.2. The van der Waals surface area contributed by atoms with Crippen LogP contribution in [0.3, 0.4) is 0 Å². The SMILES string of the molecule is CCOc1ccc(C(=O)Nc2cnc3c(c2)CN(C)CC3)cc1[N+](=O)[O-].Cl.Cl. The molecule has 152 valence electrons. The summed E-state index contributed by atoms with van der Waals surface area (Å²) in [6.45, 7) is 3.79. The van der Waals surface area contributed by atoms with E-state index in [9.17, 15) is 14.9 Å². The Morgan fingerprint density at radius 2 is 2.11 bits per heavy atom. The van der Waals surface area contributed by atoms with E-state index in [1.54, 1.807) is 13.1 Å². The van der Waals surface area contributed by atoms with Crippen molar-refractivity contribution in [1.82, 2.24) is 9.88 Å². The highest BCUT2D eigenvalue weighted by molar-refractivity contribution is 6.04. The van der Waals surface area contributed by atoms with E-state index in [-0.39, 0.29) is 41.8 Å². The van der Waals surface area contributed by atoms with Gasteiger partial charge in [0.05, 0.1) is 23.4 Å². The van der Waals surface area contributed by atoms with E-state index in [1.165, 1.54) is 18.2 Å². The fourth-order valence-electron chi connectivity index (χ4n) is 2.92. The fraction of sp³-hybridized carbons (Fsp3) is 0.333. The molecule has 0 bridgehead atoms. The summed E-state index contributed by atoms with van der Waals surface area (Å²) in [5.74, 6) is -0.283. The van der Waals surface area contributed by atoms with Crippen LogP contribution in [0.1, 0.15) is 28.5 Å². The van der Waals surface area contributed by atoms with Gasteiger partial charge in [0, 0.05) is 36.8 Å². The molecule has 0 saturated heterocycles. The number of rotatable bonds is 5. The molecule has 2 heterocycles. The molecule has 1 amide bonds. The van der Waals surface area contributed by atoms with Gasteiger partial charge in [-0.2, -0.15) is 0 Å². The van der Waals surface area contributed by atoms with E-state index in [0.717, 1.165) is 30.8 Å². The van der Waals surface area contributed by atoms with Crippen LogP contribution < -0.4 is 10.1 Å². The van der Waals surface area contributed by atoms with E-state index in [2.05, 4.69) is 15.2 Å². The van der Waals surface area contributed by atoms with E-state index < -0.39 is 10.8 Å². The first-order chi connectivity index (χ1) is 12.5. The molecule has 3 rings (SSSR count). The van der Waals surface area contributed by atoms with Crippen molar-refractivity contribution in [2.45, 2.75) is 19.9 Å². The predicted octanol–water partition coefficient (Wildman–Crippen LogP) is 3.47. The smallest absolute Gasteiger partial charge is 0.311 e. The fourth-order valence-corrected chi connectivity index (χ4v) is 2.92. The summed E-state index contributed by atoms with van der Waals surface area (Å²) in [5.41, 5.74) is 2.65. The molecule has 1 aromatic heterocycles. The van der Waals surface area contributed by atoms with Gasteiger partial charge in [-0.15, -0.1) is 24.8 Å². The number of amides is 1. The van der Waals surface area contributed by atoms with E-state index in [1.807, 2.05) is 13.1 Å². The van der Waals surface area contributed by atoms with Crippen LogP contribution in [0.15, 0.2) is 30.5 Å². The number of aromatic nitrogens is 1. The maximum absolute atomic E-state index is 12.5. The number of likely N-dealkylation sites (N-methyl/N-ethyl adjacent to an activating group) is 1. The Morgan fingerprint density at radius 1 is 1.36 bits per heavy atom. The van der Waals surface area contributed by atoms with Gasteiger partial charge in [0.1, 0.15) is 0 Å². The van der Waals surface area contributed by atoms with Crippen molar-refractivity contribution in [3.05, 3.63) is 57.4 Å². The van der Waals surface area contributed by atoms with Crippen molar-refractivity contribution in [2.75, 3.05) is 25.5 Å². The molecule has 0 unspecified atom stereocenters. The molecule has 2 aromatic rings. The number of hydrogen-bond acceptors (Lipinski definition) is 6. The lowest BCUT2D eigenvalue weighted by Gasteiger charge is -2.24.